The summed E-state index contributed by atoms with van der Waals surface area (Å²) in [6.45, 7) is 7.79. The number of piperidine rings is 1. The van der Waals surface area contributed by atoms with Crippen LogP contribution in [0.3, 0.4) is 0 Å². The van der Waals surface area contributed by atoms with Crippen LogP contribution < -0.4 is 10.6 Å². The van der Waals surface area contributed by atoms with Gasteiger partial charge in [-0.25, -0.2) is 0 Å². The Kier molecular flexibility index (Phi) is 12.9. The highest BCUT2D eigenvalue weighted by Gasteiger charge is 2.20. The van der Waals surface area contributed by atoms with E-state index in [1.165, 1.54) is 44.6 Å². The number of nitrogens with zero attached hydrogens (tertiary/aromatic N) is 1. The van der Waals surface area contributed by atoms with Gasteiger partial charge in [0.15, 0.2) is 0 Å². The summed E-state index contributed by atoms with van der Waals surface area (Å²) >= 11 is 1.95. The van der Waals surface area contributed by atoms with Crippen molar-refractivity contribution >= 4 is 42.5 Å². The maximum absolute atomic E-state index is 11.9. The van der Waals surface area contributed by atoms with E-state index in [1.54, 1.807) is 0 Å². The smallest absolute Gasteiger partial charge is 0.221 e. The highest BCUT2D eigenvalue weighted by Crippen LogP contribution is 2.16. The maximum atomic E-state index is 11.9. The number of halogens is 2. The molecule has 2 aliphatic rings. The molecule has 2 aliphatic heterocycles. The van der Waals surface area contributed by atoms with Crippen molar-refractivity contribution in [2.45, 2.75) is 38.6 Å². The van der Waals surface area contributed by atoms with Crippen molar-refractivity contribution in [3.63, 3.8) is 0 Å². The molecule has 2 heterocycles. The third-order valence-electron chi connectivity index (χ3n) is 4.27. The lowest BCUT2D eigenvalue weighted by molar-refractivity contribution is -0.121. The molecule has 22 heavy (non-hydrogen) atoms. The summed E-state index contributed by atoms with van der Waals surface area (Å²) in [7, 11) is 0. The standard InChI is InChI=1S/C15H29N3OS.2ClH/c1-2-6-18-7-3-13(4-8-18)11-17-15(19)10-14-12-20-9-5-16-14;;/h13-14,16H,2-12H2,1H3,(H,17,19);2*1H. The SMILES string of the molecule is CCCN1CCC(CNC(=O)CC2CSCCN2)CC1.Cl.Cl. The number of thioether (sulfide) groups is 1. The lowest BCUT2D eigenvalue weighted by Gasteiger charge is -2.31. The quantitative estimate of drug-likeness (QED) is 0.750. The lowest BCUT2D eigenvalue weighted by atomic mass is 9.96. The number of likely N-dealkylation sites (tertiary alicyclic amines) is 1. The van der Waals surface area contributed by atoms with E-state index in [1.807, 2.05) is 11.8 Å². The lowest BCUT2D eigenvalue weighted by Crippen LogP contribution is -2.43. The van der Waals surface area contributed by atoms with Crippen LogP contribution in [0.25, 0.3) is 0 Å². The number of hydrogen-bond acceptors (Lipinski definition) is 4. The van der Waals surface area contributed by atoms with Crippen molar-refractivity contribution < 1.29 is 4.79 Å². The third kappa shape index (κ3) is 8.25. The number of rotatable bonds is 6. The molecule has 2 saturated heterocycles. The van der Waals surface area contributed by atoms with Crippen LogP contribution in [0.4, 0.5) is 0 Å². The molecule has 1 amide bonds. The summed E-state index contributed by atoms with van der Waals surface area (Å²) in [5.41, 5.74) is 0. The van der Waals surface area contributed by atoms with Gasteiger partial charge in [-0.2, -0.15) is 11.8 Å². The van der Waals surface area contributed by atoms with Crippen LogP contribution in [-0.4, -0.2) is 61.1 Å². The summed E-state index contributed by atoms with van der Waals surface area (Å²) < 4.78 is 0. The summed E-state index contributed by atoms with van der Waals surface area (Å²) in [5.74, 6) is 3.15. The molecule has 0 aromatic heterocycles. The summed E-state index contributed by atoms with van der Waals surface area (Å²) in [4.78, 5) is 14.5. The Hall–Kier alpha value is 0.320. The average Bonchev–Trinajstić information content (AvgIpc) is 2.48. The van der Waals surface area contributed by atoms with E-state index in [0.29, 0.717) is 18.4 Å². The van der Waals surface area contributed by atoms with Crippen molar-refractivity contribution in [1.29, 1.82) is 0 Å². The van der Waals surface area contributed by atoms with Gasteiger partial charge in [-0.1, -0.05) is 6.92 Å². The van der Waals surface area contributed by atoms with Gasteiger partial charge in [0.2, 0.25) is 5.91 Å². The molecule has 2 rings (SSSR count). The second-order valence-electron chi connectivity index (χ2n) is 6.02. The number of hydrogen-bond donors (Lipinski definition) is 2. The van der Waals surface area contributed by atoms with Crippen LogP contribution in [0.15, 0.2) is 0 Å². The molecule has 0 aliphatic carbocycles. The summed E-state index contributed by atoms with van der Waals surface area (Å²) in [5, 5.41) is 6.56. The molecular weight excluding hydrogens is 341 g/mol. The van der Waals surface area contributed by atoms with Crippen molar-refractivity contribution in [2.75, 3.05) is 44.2 Å². The number of carbonyl (C=O) groups is 1. The first-order valence-electron chi connectivity index (χ1n) is 8.08. The minimum absolute atomic E-state index is 0. The molecule has 132 valence electrons. The van der Waals surface area contributed by atoms with Crippen LogP contribution in [0.5, 0.6) is 0 Å². The van der Waals surface area contributed by atoms with E-state index in [0.717, 1.165) is 18.8 Å². The third-order valence-corrected chi connectivity index (χ3v) is 5.40. The van der Waals surface area contributed by atoms with Gasteiger partial charge in [-0.15, -0.1) is 24.8 Å². The molecule has 2 N–H and O–H groups in total. The van der Waals surface area contributed by atoms with Gasteiger partial charge < -0.3 is 15.5 Å². The van der Waals surface area contributed by atoms with E-state index in [4.69, 9.17) is 0 Å². The van der Waals surface area contributed by atoms with Gasteiger partial charge in [0.05, 0.1) is 0 Å². The van der Waals surface area contributed by atoms with Gasteiger partial charge >= 0.3 is 0 Å². The Morgan fingerprint density at radius 1 is 1.32 bits per heavy atom. The topological polar surface area (TPSA) is 44.4 Å². The van der Waals surface area contributed by atoms with E-state index < -0.39 is 0 Å². The zero-order chi connectivity index (χ0) is 14.2. The fraction of sp³-hybridized carbons (Fsp3) is 0.933. The average molecular weight is 372 g/mol. The van der Waals surface area contributed by atoms with Crippen molar-refractivity contribution in [1.82, 2.24) is 15.5 Å². The molecular formula is C15H31Cl2N3OS. The predicted molar refractivity (Wildman–Crippen MR) is 101 cm³/mol. The highest BCUT2D eigenvalue weighted by atomic mass is 35.5. The predicted octanol–water partition coefficient (Wildman–Crippen LogP) is 2.16. The second kappa shape index (κ2) is 12.7. The molecule has 4 nitrogen and oxygen atoms in total. The summed E-state index contributed by atoms with van der Waals surface area (Å²) in [6, 6.07) is 0.375. The Labute approximate surface area is 151 Å². The molecule has 2 fully saturated rings. The normalized spacial score (nSPS) is 23.2. The van der Waals surface area contributed by atoms with Crippen LogP contribution in [-0.2, 0) is 4.79 Å². The van der Waals surface area contributed by atoms with Crippen LogP contribution in [0.2, 0.25) is 0 Å². The molecule has 1 atom stereocenters. The first-order chi connectivity index (χ1) is 9.78. The Morgan fingerprint density at radius 3 is 2.64 bits per heavy atom. The zero-order valence-electron chi connectivity index (χ0n) is 13.5. The molecule has 0 radical (unpaired) electrons. The molecule has 0 bridgehead atoms. The zero-order valence-corrected chi connectivity index (χ0v) is 16.0. The minimum Gasteiger partial charge on any atom is -0.356 e. The van der Waals surface area contributed by atoms with Gasteiger partial charge in [0.25, 0.3) is 0 Å². The molecule has 0 spiro atoms. The summed E-state index contributed by atoms with van der Waals surface area (Å²) in [6.07, 6.45) is 4.35. The van der Waals surface area contributed by atoms with Crippen molar-refractivity contribution in [2.24, 2.45) is 5.92 Å². The minimum atomic E-state index is 0. The van der Waals surface area contributed by atoms with Gasteiger partial charge in [-0.05, 0) is 44.8 Å². The van der Waals surface area contributed by atoms with E-state index >= 15 is 0 Å². The molecule has 7 heteroatoms. The molecule has 0 aromatic rings. The first-order valence-corrected chi connectivity index (χ1v) is 9.23. The fourth-order valence-corrected chi connectivity index (χ4v) is 3.98. The second-order valence-corrected chi connectivity index (χ2v) is 7.17. The van der Waals surface area contributed by atoms with Gasteiger partial charge in [0, 0.05) is 37.1 Å². The van der Waals surface area contributed by atoms with Crippen LogP contribution in [0.1, 0.15) is 32.6 Å². The number of amides is 1. The molecule has 0 saturated carbocycles. The van der Waals surface area contributed by atoms with E-state index in [9.17, 15) is 4.79 Å². The van der Waals surface area contributed by atoms with Gasteiger partial charge in [0.1, 0.15) is 0 Å². The highest BCUT2D eigenvalue weighted by molar-refractivity contribution is 7.99. The van der Waals surface area contributed by atoms with Crippen molar-refractivity contribution in [3.05, 3.63) is 0 Å². The Morgan fingerprint density at radius 2 is 2.05 bits per heavy atom. The Balaban J connectivity index is 0.00000220. The monoisotopic (exact) mass is 371 g/mol. The number of carbonyl (C=O) groups excluding carboxylic acids is 1. The maximum Gasteiger partial charge on any atom is 0.221 e. The van der Waals surface area contributed by atoms with Crippen molar-refractivity contribution in [3.8, 4) is 0 Å². The fourth-order valence-electron chi connectivity index (χ4n) is 3.04. The van der Waals surface area contributed by atoms with Gasteiger partial charge in [-0.3, -0.25) is 4.79 Å². The van der Waals surface area contributed by atoms with Crippen LogP contribution in [0, 0.1) is 5.92 Å². The van der Waals surface area contributed by atoms with Crippen LogP contribution >= 0.6 is 36.6 Å². The molecule has 1 unspecified atom stereocenters. The molecule has 0 aromatic carbocycles. The first kappa shape index (κ1) is 22.3. The van der Waals surface area contributed by atoms with E-state index in [2.05, 4.69) is 22.5 Å². The van der Waals surface area contributed by atoms with E-state index in [-0.39, 0.29) is 30.7 Å². The number of nitrogens with one attached hydrogen (secondary N) is 2. The Bertz CT molecular complexity index is 297. The largest absolute Gasteiger partial charge is 0.356 e.